The molecule has 0 saturated heterocycles. The molecule has 6 nitrogen and oxygen atoms in total. The van der Waals surface area contributed by atoms with Crippen LogP contribution in [-0.2, 0) is 5.75 Å². The first-order valence-electron chi connectivity index (χ1n) is 6.84. The van der Waals surface area contributed by atoms with Crippen molar-refractivity contribution in [2.75, 3.05) is 0 Å². The van der Waals surface area contributed by atoms with Crippen LogP contribution in [0.1, 0.15) is 21.8 Å². The van der Waals surface area contributed by atoms with E-state index in [-0.39, 0.29) is 5.56 Å². The molecule has 0 aliphatic rings. The van der Waals surface area contributed by atoms with Crippen LogP contribution < -0.4 is 0 Å². The number of carboxylic acid groups (broad SMARTS) is 1. The Morgan fingerprint density at radius 1 is 1.26 bits per heavy atom. The summed E-state index contributed by atoms with van der Waals surface area (Å²) in [4.78, 5) is 19.6. The fourth-order valence-electron chi connectivity index (χ4n) is 1.93. The second-order valence-corrected chi connectivity index (χ2v) is 5.79. The molecule has 3 aromatic rings. The quantitative estimate of drug-likeness (QED) is 0.718. The molecule has 0 atom stereocenters. The van der Waals surface area contributed by atoms with Gasteiger partial charge in [0.15, 0.2) is 0 Å². The molecule has 0 unspecified atom stereocenters. The highest BCUT2D eigenvalue weighted by molar-refractivity contribution is 7.98. The molecule has 0 bridgehead atoms. The number of aryl methyl sites for hydroxylation is 1. The minimum Gasteiger partial charge on any atom is -0.478 e. The maximum absolute atomic E-state index is 11.1. The highest BCUT2D eigenvalue weighted by Crippen LogP contribution is 2.25. The number of aromatic carboxylic acids is 1. The van der Waals surface area contributed by atoms with Crippen molar-refractivity contribution >= 4 is 17.7 Å². The second-order valence-electron chi connectivity index (χ2n) is 4.83. The summed E-state index contributed by atoms with van der Waals surface area (Å²) in [5.41, 5.74) is 2.19. The third-order valence-electron chi connectivity index (χ3n) is 3.11. The largest absolute Gasteiger partial charge is 0.478 e. The van der Waals surface area contributed by atoms with Gasteiger partial charge in [-0.05, 0) is 19.1 Å². The SMILES string of the molecule is Cc1ccc(-c2noc(CSc3ncccc3C(=O)O)n2)cc1. The van der Waals surface area contributed by atoms with E-state index in [1.165, 1.54) is 17.8 Å². The lowest BCUT2D eigenvalue weighted by molar-refractivity contribution is 0.0692. The van der Waals surface area contributed by atoms with Gasteiger partial charge in [0.05, 0.1) is 11.3 Å². The van der Waals surface area contributed by atoms with Crippen LogP contribution in [-0.4, -0.2) is 26.2 Å². The molecule has 23 heavy (non-hydrogen) atoms. The minimum atomic E-state index is -1.01. The monoisotopic (exact) mass is 327 g/mol. The number of carboxylic acids is 1. The van der Waals surface area contributed by atoms with Gasteiger partial charge in [0.25, 0.3) is 0 Å². The first kappa shape index (κ1) is 15.2. The number of carbonyl (C=O) groups is 1. The maximum atomic E-state index is 11.1. The van der Waals surface area contributed by atoms with E-state index in [0.29, 0.717) is 22.5 Å². The van der Waals surface area contributed by atoms with Crippen LogP contribution in [0.5, 0.6) is 0 Å². The highest BCUT2D eigenvalue weighted by atomic mass is 32.2. The number of hydrogen-bond donors (Lipinski definition) is 1. The molecule has 2 aromatic heterocycles. The fraction of sp³-hybridized carbons (Fsp3) is 0.125. The molecule has 3 rings (SSSR count). The Labute approximate surface area is 136 Å². The van der Waals surface area contributed by atoms with Crippen molar-refractivity contribution < 1.29 is 14.4 Å². The molecule has 0 aliphatic heterocycles. The molecular weight excluding hydrogens is 314 g/mol. The van der Waals surface area contributed by atoms with E-state index >= 15 is 0 Å². The number of nitrogens with zero attached hydrogens (tertiary/aromatic N) is 3. The first-order valence-corrected chi connectivity index (χ1v) is 7.83. The van der Waals surface area contributed by atoms with Gasteiger partial charge >= 0.3 is 5.97 Å². The smallest absolute Gasteiger partial charge is 0.338 e. The molecule has 1 N–H and O–H groups in total. The average Bonchev–Trinajstić information content (AvgIpc) is 3.03. The zero-order valence-electron chi connectivity index (χ0n) is 12.3. The summed E-state index contributed by atoms with van der Waals surface area (Å²) in [6, 6.07) is 10.9. The third kappa shape index (κ3) is 3.57. The molecule has 0 amide bonds. The summed E-state index contributed by atoms with van der Waals surface area (Å²) < 4.78 is 5.21. The molecule has 2 heterocycles. The van der Waals surface area contributed by atoms with Gasteiger partial charge in [-0.1, -0.05) is 46.7 Å². The fourth-order valence-corrected chi connectivity index (χ4v) is 2.76. The Hall–Kier alpha value is -2.67. The zero-order valence-corrected chi connectivity index (χ0v) is 13.1. The Morgan fingerprint density at radius 2 is 2.04 bits per heavy atom. The molecule has 0 radical (unpaired) electrons. The number of hydrogen-bond acceptors (Lipinski definition) is 6. The van der Waals surface area contributed by atoms with Gasteiger partial charge in [-0.2, -0.15) is 4.98 Å². The topological polar surface area (TPSA) is 89.1 Å². The van der Waals surface area contributed by atoms with Crippen LogP contribution in [0, 0.1) is 6.92 Å². The van der Waals surface area contributed by atoms with Crippen LogP contribution in [0.3, 0.4) is 0 Å². The van der Waals surface area contributed by atoms with Crippen LogP contribution >= 0.6 is 11.8 Å². The molecular formula is C16H13N3O3S. The number of benzene rings is 1. The summed E-state index contributed by atoms with van der Waals surface area (Å²) in [6.07, 6.45) is 1.56. The van der Waals surface area contributed by atoms with Crippen molar-refractivity contribution in [3.63, 3.8) is 0 Å². The van der Waals surface area contributed by atoms with Crippen LogP contribution in [0.25, 0.3) is 11.4 Å². The summed E-state index contributed by atoms with van der Waals surface area (Å²) in [5.74, 6) is 0.287. The molecule has 0 fully saturated rings. The van der Waals surface area contributed by atoms with Crippen molar-refractivity contribution in [1.29, 1.82) is 0 Å². The Kier molecular flexibility index (Phi) is 4.38. The standard InChI is InChI=1S/C16H13N3O3S/c1-10-4-6-11(7-5-10)14-18-13(22-19-14)9-23-15-12(16(20)21)3-2-8-17-15/h2-8H,9H2,1H3,(H,20,21). The second kappa shape index (κ2) is 6.62. The van der Waals surface area contributed by atoms with Crippen LogP contribution in [0.4, 0.5) is 0 Å². The number of aromatic nitrogens is 3. The van der Waals surface area contributed by atoms with Gasteiger partial charge in [0.1, 0.15) is 5.03 Å². The highest BCUT2D eigenvalue weighted by Gasteiger charge is 2.14. The van der Waals surface area contributed by atoms with E-state index in [4.69, 9.17) is 9.63 Å². The maximum Gasteiger partial charge on any atom is 0.338 e. The average molecular weight is 327 g/mol. The van der Waals surface area contributed by atoms with E-state index in [9.17, 15) is 4.79 Å². The van der Waals surface area contributed by atoms with Crippen molar-refractivity contribution in [1.82, 2.24) is 15.1 Å². The van der Waals surface area contributed by atoms with Crippen molar-refractivity contribution in [3.05, 3.63) is 59.6 Å². The summed E-state index contributed by atoms with van der Waals surface area (Å²) >= 11 is 1.25. The molecule has 0 aliphatic carbocycles. The molecule has 0 spiro atoms. The summed E-state index contributed by atoms with van der Waals surface area (Å²) in [5, 5.41) is 13.5. The Morgan fingerprint density at radius 3 is 2.78 bits per heavy atom. The van der Waals surface area contributed by atoms with E-state index in [0.717, 1.165) is 11.1 Å². The summed E-state index contributed by atoms with van der Waals surface area (Å²) in [7, 11) is 0. The van der Waals surface area contributed by atoms with E-state index < -0.39 is 5.97 Å². The lowest BCUT2D eigenvalue weighted by Gasteiger charge is -2.01. The third-order valence-corrected chi connectivity index (χ3v) is 4.10. The predicted octanol–water partition coefficient (Wildman–Crippen LogP) is 3.43. The van der Waals surface area contributed by atoms with Crippen molar-refractivity contribution in [2.45, 2.75) is 17.7 Å². The number of thioether (sulfide) groups is 1. The van der Waals surface area contributed by atoms with Gasteiger partial charge in [0, 0.05) is 11.8 Å². The minimum absolute atomic E-state index is 0.163. The van der Waals surface area contributed by atoms with Gasteiger partial charge in [0.2, 0.25) is 11.7 Å². The normalized spacial score (nSPS) is 10.7. The predicted molar refractivity (Wildman–Crippen MR) is 85.2 cm³/mol. The van der Waals surface area contributed by atoms with Crippen molar-refractivity contribution in [2.24, 2.45) is 0 Å². The Bertz CT molecular complexity index is 831. The van der Waals surface area contributed by atoms with Crippen molar-refractivity contribution in [3.8, 4) is 11.4 Å². The molecule has 1 aromatic carbocycles. The van der Waals surface area contributed by atoms with Gasteiger partial charge in [-0.25, -0.2) is 9.78 Å². The molecule has 7 heteroatoms. The van der Waals surface area contributed by atoms with Gasteiger partial charge in [-0.15, -0.1) is 0 Å². The zero-order chi connectivity index (χ0) is 16.2. The van der Waals surface area contributed by atoms with Crippen LogP contribution in [0.2, 0.25) is 0 Å². The van der Waals surface area contributed by atoms with Gasteiger partial charge < -0.3 is 9.63 Å². The van der Waals surface area contributed by atoms with E-state index in [1.54, 1.807) is 12.3 Å². The lowest BCUT2D eigenvalue weighted by atomic mass is 10.1. The Balaban J connectivity index is 1.73. The molecule has 116 valence electrons. The summed E-state index contributed by atoms with van der Waals surface area (Å²) in [6.45, 7) is 2.01. The van der Waals surface area contributed by atoms with E-state index in [2.05, 4.69) is 15.1 Å². The number of pyridine rings is 1. The number of rotatable bonds is 5. The lowest BCUT2D eigenvalue weighted by Crippen LogP contribution is -2.00. The van der Waals surface area contributed by atoms with E-state index in [1.807, 2.05) is 31.2 Å². The van der Waals surface area contributed by atoms with Gasteiger partial charge in [-0.3, -0.25) is 0 Å². The van der Waals surface area contributed by atoms with Crippen LogP contribution in [0.15, 0.2) is 52.1 Å². The first-order chi connectivity index (χ1) is 11.1. The molecule has 0 saturated carbocycles.